The zero-order chi connectivity index (χ0) is 15.5. The fourth-order valence-electron chi connectivity index (χ4n) is 2.48. The van der Waals surface area contributed by atoms with Crippen molar-refractivity contribution in [2.75, 3.05) is 11.4 Å². The van der Waals surface area contributed by atoms with Gasteiger partial charge in [0.1, 0.15) is 0 Å². The maximum atomic E-state index is 12.9. The second-order valence-electron chi connectivity index (χ2n) is 4.91. The molecule has 0 radical (unpaired) electrons. The first-order valence-corrected chi connectivity index (χ1v) is 7.87. The van der Waals surface area contributed by atoms with Gasteiger partial charge in [0.05, 0.1) is 16.9 Å². The predicted octanol–water partition coefficient (Wildman–Crippen LogP) is 4.18. The molecule has 2 aromatic carbocycles. The number of amides is 1. The van der Waals surface area contributed by atoms with E-state index in [9.17, 15) is 9.59 Å². The van der Waals surface area contributed by atoms with Crippen LogP contribution < -0.4 is 4.90 Å². The lowest BCUT2D eigenvalue weighted by atomic mass is 10.1. The number of aliphatic imine (C=N–C) groups is 1. The summed E-state index contributed by atoms with van der Waals surface area (Å²) < 4.78 is 0. The van der Waals surface area contributed by atoms with E-state index in [0.29, 0.717) is 17.8 Å². The third-order valence-electron chi connectivity index (χ3n) is 3.44. The molecule has 1 aliphatic rings. The standard InChI is InChI=1S/C17H14N2O2S/c1-2-9-19-14-10-12(18-11-20)7-8-16(14)22-15-6-4-3-5-13(15)17(19)21/h3-8,10H,2,9H2,1H3. The van der Waals surface area contributed by atoms with Gasteiger partial charge in [0.25, 0.3) is 5.91 Å². The molecule has 22 heavy (non-hydrogen) atoms. The molecule has 0 fully saturated rings. The second-order valence-corrected chi connectivity index (χ2v) is 5.99. The molecular formula is C17H14N2O2S. The third kappa shape index (κ3) is 2.56. The number of isocyanates is 1. The maximum Gasteiger partial charge on any atom is 0.259 e. The van der Waals surface area contributed by atoms with Gasteiger partial charge in [-0.05, 0) is 36.8 Å². The number of benzene rings is 2. The molecule has 0 N–H and O–H groups in total. The predicted molar refractivity (Wildman–Crippen MR) is 86.8 cm³/mol. The van der Waals surface area contributed by atoms with Crippen LogP contribution in [-0.4, -0.2) is 18.5 Å². The van der Waals surface area contributed by atoms with Gasteiger partial charge in [-0.2, -0.15) is 4.99 Å². The number of fused-ring (bicyclic) bond motifs is 2. The Labute approximate surface area is 132 Å². The summed E-state index contributed by atoms with van der Waals surface area (Å²) in [4.78, 5) is 30.7. The van der Waals surface area contributed by atoms with Gasteiger partial charge in [-0.1, -0.05) is 30.8 Å². The monoisotopic (exact) mass is 310 g/mol. The lowest BCUT2D eigenvalue weighted by molar-refractivity contribution is 0.0984. The molecule has 0 spiro atoms. The molecule has 0 bridgehead atoms. The summed E-state index contributed by atoms with van der Waals surface area (Å²) in [6.45, 7) is 2.65. The Kier molecular flexibility index (Phi) is 4.09. The highest BCUT2D eigenvalue weighted by molar-refractivity contribution is 7.99. The molecule has 0 saturated carbocycles. The van der Waals surface area contributed by atoms with Gasteiger partial charge in [-0.15, -0.1) is 0 Å². The molecule has 1 amide bonds. The fraction of sp³-hybridized carbons (Fsp3) is 0.176. The van der Waals surface area contributed by atoms with E-state index in [2.05, 4.69) is 4.99 Å². The minimum atomic E-state index is -0.0177. The van der Waals surface area contributed by atoms with E-state index < -0.39 is 0 Å². The Bertz CT molecular complexity index is 782. The molecule has 3 rings (SSSR count). The van der Waals surface area contributed by atoms with Crippen LogP contribution in [0, 0.1) is 0 Å². The average molecular weight is 310 g/mol. The van der Waals surface area contributed by atoms with Gasteiger partial charge in [-0.25, -0.2) is 4.79 Å². The molecule has 110 valence electrons. The summed E-state index contributed by atoms with van der Waals surface area (Å²) in [7, 11) is 0. The number of carbonyl (C=O) groups is 1. The van der Waals surface area contributed by atoms with E-state index in [-0.39, 0.29) is 5.91 Å². The van der Waals surface area contributed by atoms with Crippen molar-refractivity contribution >= 4 is 35.1 Å². The van der Waals surface area contributed by atoms with Crippen molar-refractivity contribution in [3.63, 3.8) is 0 Å². The third-order valence-corrected chi connectivity index (χ3v) is 4.58. The zero-order valence-corrected chi connectivity index (χ0v) is 12.9. The molecule has 0 aromatic heterocycles. The number of hydrogen-bond acceptors (Lipinski definition) is 4. The average Bonchev–Trinajstić information content (AvgIpc) is 2.64. The van der Waals surface area contributed by atoms with Crippen LogP contribution in [0.2, 0.25) is 0 Å². The van der Waals surface area contributed by atoms with Crippen molar-refractivity contribution < 1.29 is 9.59 Å². The van der Waals surface area contributed by atoms with Crippen LogP contribution in [0.15, 0.2) is 57.2 Å². The Hall–Kier alpha value is -2.36. The molecule has 1 aliphatic heterocycles. The Morgan fingerprint density at radius 3 is 2.77 bits per heavy atom. The summed E-state index contributed by atoms with van der Waals surface area (Å²) in [5.74, 6) is -0.0177. The highest BCUT2D eigenvalue weighted by atomic mass is 32.2. The van der Waals surface area contributed by atoms with Crippen molar-refractivity contribution in [3.05, 3.63) is 48.0 Å². The topological polar surface area (TPSA) is 49.7 Å². The first-order valence-electron chi connectivity index (χ1n) is 7.05. The molecule has 1 heterocycles. The van der Waals surface area contributed by atoms with Crippen LogP contribution in [0.4, 0.5) is 11.4 Å². The first-order chi connectivity index (χ1) is 10.7. The maximum absolute atomic E-state index is 12.9. The first kappa shape index (κ1) is 14.6. The van der Waals surface area contributed by atoms with Crippen LogP contribution in [0.3, 0.4) is 0 Å². The molecule has 0 saturated heterocycles. The number of rotatable bonds is 3. The van der Waals surface area contributed by atoms with Gasteiger partial charge < -0.3 is 4.90 Å². The number of anilines is 1. The Morgan fingerprint density at radius 1 is 1.18 bits per heavy atom. The zero-order valence-electron chi connectivity index (χ0n) is 12.1. The van der Waals surface area contributed by atoms with Crippen molar-refractivity contribution in [3.8, 4) is 0 Å². The Morgan fingerprint density at radius 2 is 2.00 bits per heavy atom. The summed E-state index contributed by atoms with van der Waals surface area (Å²) in [5.41, 5.74) is 2.01. The van der Waals surface area contributed by atoms with E-state index in [1.165, 1.54) is 0 Å². The summed E-state index contributed by atoms with van der Waals surface area (Å²) in [6, 6.07) is 13.0. The van der Waals surface area contributed by atoms with Gasteiger partial charge >= 0.3 is 0 Å². The molecule has 0 unspecified atom stereocenters. The van der Waals surface area contributed by atoms with Gasteiger partial charge in [0.15, 0.2) is 0 Å². The van der Waals surface area contributed by atoms with Crippen molar-refractivity contribution in [1.29, 1.82) is 0 Å². The fourth-order valence-corrected chi connectivity index (χ4v) is 3.54. The normalized spacial score (nSPS) is 13.0. The largest absolute Gasteiger partial charge is 0.307 e. The number of carbonyl (C=O) groups excluding carboxylic acids is 2. The molecule has 2 aromatic rings. The minimum absolute atomic E-state index is 0.0177. The smallest absolute Gasteiger partial charge is 0.259 e. The van der Waals surface area contributed by atoms with Crippen LogP contribution in [0.1, 0.15) is 23.7 Å². The lowest BCUT2D eigenvalue weighted by Crippen LogP contribution is -2.31. The molecule has 0 aliphatic carbocycles. The van der Waals surface area contributed by atoms with E-state index >= 15 is 0 Å². The SMILES string of the molecule is CCCN1C(=O)c2ccccc2Sc2ccc(N=C=O)cc21. The molecule has 0 atom stereocenters. The van der Waals surface area contributed by atoms with Crippen LogP contribution in [0.25, 0.3) is 0 Å². The summed E-state index contributed by atoms with van der Waals surface area (Å²) >= 11 is 1.56. The van der Waals surface area contributed by atoms with E-state index in [4.69, 9.17) is 0 Å². The molecule has 4 nitrogen and oxygen atoms in total. The van der Waals surface area contributed by atoms with Crippen LogP contribution in [-0.2, 0) is 4.79 Å². The van der Waals surface area contributed by atoms with Crippen molar-refractivity contribution in [2.45, 2.75) is 23.1 Å². The summed E-state index contributed by atoms with van der Waals surface area (Å²) in [6.07, 6.45) is 2.39. The van der Waals surface area contributed by atoms with Crippen LogP contribution in [0.5, 0.6) is 0 Å². The summed E-state index contributed by atoms with van der Waals surface area (Å²) in [5, 5.41) is 0. The lowest BCUT2D eigenvalue weighted by Gasteiger charge is -2.22. The van der Waals surface area contributed by atoms with Gasteiger partial charge in [-0.3, -0.25) is 4.79 Å². The molecule has 5 heteroatoms. The number of hydrogen-bond donors (Lipinski definition) is 0. The quantitative estimate of drug-likeness (QED) is 0.631. The number of nitrogens with zero attached hydrogens (tertiary/aromatic N) is 2. The Balaban J connectivity index is 2.19. The minimum Gasteiger partial charge on any atom is -0.307 e. The molecular weight excluding hydrogens is 296 g/mol. The van der Waals surface area contributed by atoms with Gasteiger partial charge in [0, 0.05) is 16.3 Å². The van der Waals surface area contributed by atoms with Crippen LogP contribution >= 0.6 is 11.8 Å². The van der Waals surface area contributed by atoms with E-state index in [1.807, 2.05) is 37.3 Å². The van der Waals surface area contributed by atoms with E-state index in [1.54, 1.807) is 34.9 Å². The van der Waals surface area contributed by atoms with Crippen molar-refractivity contribution in [1.82, 2.24) is 0 Å². The van der Waals surface area contributed by atoms with Gasteiger partial charge in [0.2, 0.25) is 6.08 Å². The highest BCUT2D eigenvalue weighted by Gasteiger charge is 2.26. The highest BCUT2D eigenvalue weighted by Crippen LogP contribution is 2.42. The van der Waals surface area contributed by atoms with Crippen molar-refractivity contribution in [2.24, 2.45) is 4.99 Å². The van der Waals surface area contributed by atoms with E-state index in [0.717, 1.165) is 21.9 Å². The second kappa shape index (κ2) is 6.18.